The molecule has 1 N–H and O–H groups in total. The molecular weight excluding hydrogens is 228 g/mol. The molecule has 0 aliphatic carbocycles. The summed E-state index contributed by atoms with van der Waals surface area (Å²) in [6.07, 6.45) is 3.62. The minimum Gasteiger partial charge on any atom is -0.361 e. The predicted molar refractivity (Wildman–Crippen MR) is 69.6 cm³/mol. The molecule has 0 aromatic carbocycles. The SMILES string of the molecule is CC(C)(C)c1cc(CC(=O)[C@H]2CCCCN2)no1. The minimum atomic E-state index is -0.0581. The van der Waals surface area contributed by atoms with E-state index in [1.54, 1.807) is 0 Å². The lowest BCUT2D eigenvalue weighted by atomic mass is 9.92. The second kappa shape index (κ2) is 5.22. The lowest BCUT2D eigenvalue weighted by molar-refractivity contribution is -0.121. The van der Waals surface area contributed by atoms with E-state index in [9.17, 15) is 4.79 Å². The van der Waals surface area contributed by atoms with Gasteiger partial charge in [0.05, 0.1) is 18.2 Å². The topological polar surface area (TPSA) is 55.1 Å². The molecule has 0 saturated carbocycles. The molecule has 1 aromatic heterocycles. The van der Waals surface area contributed by atoms with E-state index in [1.807, 2.05) is 6.07 Å². The van der Waals surface area contributed by atoms with E-state index in [0.717, 1.165) is 30.8 Å². The fraction of sp³-hybridized carbons (Fsp3) is 0.714. The van der Waals surface area contributed by atoms with Gasteiger partial charge in [-0.2, -0.15) is 0 Å². The van der Waals surface area contributed by atoms with Crippen LogP contribution in [0.1, 0.15) is 51.5 Å². The fourth-order valence-corrected chi connectivity index (χ4v) is 2.18. The van der Waals surface area contributed by atoms with Gasteiger partial charge in [-0.3, -0.25) is 4.79 Å². The Morgan fingerprint density at radius 3 is 2.83 bits per heavy atom. The van der Waals surface area contributed by atoms with Crippen LogP contribution in [0.2, 0.25) is 0 Å². The third-order valence-electron chi connectivity index (χ3n) is 3.35. The summed E-state index contributed by atoms with van der Waals surface area (Å²) in [4.78, 5) is 12.1. The van der Waals surface area contributed by atoms with Gasteiger partial charge in [0.2, 0.25) is 0 Å². The molecular formula is C14H22N2O2. The molecule has 1 saturated heterocycles. The van der Waals surface area contributed by atoms with Gasteiger partial charge in [-0.05, 0) is 19.4 Å². The number of aromatic nitrogens is 1. The number of rotatable bonds is 3. The summed E-state index contributed by atoms with van der Waals surface area (Å²) in [5.74, 6) is 1.06. The zero-order valence-corrected chi connectivity index (χ0v) is 11.5. The molecule has 18 heavy (non-hydrogen) atoms. The third kappa shape index (κ3) is 3.19. The number of nitrogens with zero attached hydrogens (tertiary/aromatic N) is 1. The Labute approximate surface area is 108 Å². The highest BCUT2D eigenvalue weighted by molar-refractivity contribution is 5.85. The predicted octanol–water partition coefficient (Wildman–Crippen LogP) is 2.23. The van der Waals surface area contributed by atoms with Crippen LogP contribution in [0.15, 0.2) is 10.6 Å². The third-order valence-corrected chi connectivity index (χ3v) is 3.35. The Morgan fingerprint density at radius 1 is 1.50 bits per heavy atom. The van der Waals surface area contributed by atoms with Crippen molar-refractivity contribution in [3.8, 4) is 0 Å². The first-order chi connectivity index (χ1) is 8.47. The number of carbonyl (C=O) groups excluding carboxylic acids is 1. The molecule has 1 atom stereocenters. The molecule has 2 heterocycles. The Balaban J connectivity index is 1.96. The second-order valence-electron chi connectivity index (χ2n) is 6.08. The normalized spacial score (nSPS) is 20.9. The van der Waals surface area contributed by atoms with Crippen molar-refractivity contribution in [2.75, 3.05) is 6.54 Å². The van der Waals surface area contributed by atoms with Gasteiger partial charge in [0.15, 0.2) is 5.78 Å². The average molecular weight is 250 g/mol. The molecule has 1 fully saturated rings. The Hall–Kier alpha value is -1.16. The van der Waals surface area contributed by atoms with Crippen molar-refractivity contribution < 1.29 is 9.32 Å². The van der Waals surface area contributed by atoms with Crippen molar-refractivity contribution in [1.82, 2.24) is 10.5 Å². The van der Waals surface area contributed by atoms with Crippen LogP contribution >= 0.6 is 0 Å². The highest BCUT2D eigenvalue weighted by Crippen LogP contribution is 2.23. The molecule has 0 unspecified atom stereocenters. The van der Waals surface area contributed by atoms with Crippen LogP contribution in [0.25, 0.3) is 0 Å². The highest BCUT2D eigenvalue weighted by atomic mass is 16.5. The van der Waals surface area contributed by atoms with Gasteiger partial charge >= 0.3 is 0 Å². The first-order valence-corrected chi connectivity index (χ1v) is 6.69. The Kier molecular flexibility index (Phi) is 3.85. The molecule has 1 aromatic rings. The molecule has 2 rings (SSSR count). The number of hydrogen-bond acceptors (Lipinski definition) is 4. The van der Waals surface area contributed by atoms with E-state index >= 15 is 0 Å². The molecule has 0 spiro atoms. The van der Waals surface area contributed by atoms with E-state index in [4.69, 9.17) is 4.52 Å². The maximum atomic E-state index is 12.1. The van der Waals surface area contributed by atoms with Crippen LogP contribution in [0, 0.1) is 0 Å². The summed E-state index contributed by atoms with van der Waals surface area (Å²) >= 11 is 0. The molecule has 100 valence electrons. The van der Waals surface area contributed by atoms with Crippen molar-refractivity contribution in [1.29, 1.82) is 0 Å². The van der Waals surface area contributed by atoms with Crippen LogP contribution in [-0.4, -0.2) is 23.5 Å². The van der Waals surface area contributed by atoms with E-state index < -0.39 is 0 Å². The summed E-state index contributed by atoms with van der Waals surface area (Å²) in [5, 5.41) is 7.26. The van der Waals surface area contributed by atoms with Gasteiger partial charge in [0.25, 0.3) is 0 Å². The smallest absolute Gasteiger partial charge is 0.155 e. The minimum absolute atomic E-state index is 0.00790. The quantitative estimate of drug-likeness (QED) is 0.893. The fourth-order valence-electron chi connectivity index (χ4n) is 2.18. The maximum Gasteiger partial charge on any atom is 0.155 e. The van der Waals surface area contributed by atoms with Crippen LogP contribution in [-0.2, 0) is 16.6 Å². The summed E-state index contributed by atoms with van der Waals surface area (Å²) in [6, 6.07) is 1.91. The van der Waals surface area contributed by atoms with Gasteiger partial charge in [-0.1, -0.05) is 32.3 Å². The van der Waals surface area contributed by atoms with Gasteiger partial charge in [-0.25, -0.2) is 0 Å². The molecule has 4 heteroatoms. The zero-order valence-electron chi connectivity index (χ0n) is 11.5. The maximum absolute atomic E-state index is 12.1. The van der Waals surface area contributed by atoms with Gasteiger partial charge in [-0.15, -0.1) is 0 Å². The highest BCUT2D eigenvalue weighted by Gasteiger charge is 2.24. The number of piperidine rings is 1. The van der Waals surface area contributed by atoms with Gasteiger partial charge < -0.3 is 9.84 Å². The van der Waals surface area contributed by atoms with E-state index in [0.29, 0.717) is 6.42 Å². The van der Waals surface area contributed by atoms with Gasteiger partial charge in [0, 0.05) is 11.5 Å². The van der Waals surface area contributed by atoms with Crippen molar-refractivity contribution in [3.05, 3.63) is 17.5 Å². The van der Waals surface area contributed by atoms with E-state index in [1.165, 1.54) is 6.42 Å². The Bertz CT molecular complexity index is 412. The summed E-state index contributed by atoms with van der Waals surface area (Å²) in [6.45, 7) is 7.16. The summed E-state index contributed by atoms with van der Waals surface area (Å²) < 4.78 is 5.29. The van der Waals surface area contributed by atoms with E-state index in [2.05, 4.69) is 31.2 Å². The first kappa shape index (κ1) is 13.3. The summed E-state index contributed by atoms with van der Waals surface area (Å²) in [7, 11) is 0. The molecule has 0 bridgehead atoms. The van der Waals surface area contributed by atoms with Crippen LogP contribution in [0.5, 0.6) is 0 Å². The number of ketones is 1. The van der Waals surface area contributed by atoms with Crippen molar-refractivity contribution >= 4 is 5.78 Å². The molecule has 4 nitrogen and oxygen atoms in total. The number of hydrogen-bond donors (Lipinski definition) is 1. The molecule has 0 amide bonds. The van der Waals surface area contributed by atoms with E-state index in [-0.39, 0.29) is 17.2 Å². The largest absolute Gasteiger partial charge is 0.361 e. The molecule has 0 radical (unpaired) electrons. The van der Waals surface area contributed by atoms with Crippen LogP contribution < -0.4 is 5.32 Å². The van der Waals surface area contributed by atoms with Crippen LogP contribution in [0.3, 0.4) is 0 Å². The average Bonchev–Trinajstić information content (AvgIpc) is 2.78. The number of Topliss-reactive ketones (excluding diaryl/α,β-unsaturated/α-hetero) is 1. The zero-order chi connectivity index (χ0) is 13.2. The standard InChI is InChI=1S/C14H22N2O2/c1-14(2,3)13-9-10(16-18-13)8-12(17)11-6-4-5-7-15-11/h9,11,15H,4-8H2,1-3H3/t11-/m1/s1. The van der Waals surface area contributed by atoms with Crippen molar-refractivity contribution in [2.24, 2.45) is 0 Å². The Morgan fingerprint density at radius 2 is 2.28 bits per heavy atom. The lowest BCUT2D eigenvalue weighted by Crippen LogP contribution is -2.41. The molecule has 1 aliphatic rings. The summed E-state index contributed by atoms with van der Waals surface area (Å²) in [5.41, 5.74) is 0.689. The second-order valence-corrected chi connectivity index (χ2v) is 6.08. The van der Waals surface area contributed by atoms with Crippen molar-refractivity contribution in [3.63, 3.8) is 0 Å². The van der Waals surface area contributed by atoms with Crippen molar-refractivity contribution in [2.45, 2.75) is 57.9 Å². The molecule has 1 aliphatic heterocycles. The number of carbonyl (C=O) groups is 1. The monoisotopic (exact) mass is 250 g/mol. The lowest BCUT2D eigenvalue weighted by Gasteiger charge is -2.21. The number of nitrogens with one attached hydrogen (secondary N) is 1. The van der Waals surface area contributed by atoms with Crippen LogP contribution in [0.4, 0.5) is 0 Å². The van der Waals surface area contributed by atoms with Gasteiger partial charge in [0.1, 0.15) is 5.76 Å². The first-order valence-electron chi connectivity index (χ1n) is 6.69.